The van der Waals surface area contributed by atoms with E-state index >= 15 is 0 Å². The van der Waals surface area contributed by atoms with E-state index in [2.05, 4.69) is 15.4 Å². The van der Waals surface area contributed by atoms with Crippen LogP contribution < -0.4 is 24.8 Å². The summed E-state index contributed by atoms with van der Waals surface area (Å²) in [6.07, 6.45) is 1.10. The number of carbonyl (C=O) groups excluding carboxylic acids is 1. The molecule has 4 aromatic rings. The Kier molecular flexibility index (Phi) is 13.6. The number of rotatable bonds is 15. The monoisotopic (exact) mass is 925 g/mol. The van der Waals surface area contributed by atoms with Gasteiger partial charge in [0.15, 0.2) is 0 Å². The van der Waals surface area contributed by atoms with Gasteiger partial charge in [0.25, 0.3) is 10.0 Å². The fraction of sp³-hybridized carbons (Fsp3) is 0.273. The maximum Gasteiger partial charge on any atom is 0.512 e. The van der Waals surface area contributed by atoms with Crippen LogP contribution in [0.4, 0.5) is 30.2 Å². The van der Waals surface area contributed by atoms with Gasteiger partial charge in [-0.1, -0.05) is 48.3 Å². The molecule has 0 radical (unpaired) electrons. The maximum atomic E-state index is 13.2. The third-order valence-corrected chi connectivity index (χ3v) is 15.1. The zero-order valence-corrected chi connectivity index (χ0v) is 37.6. The summed E-state index contributed by atoms with van der Waals surface area (Å²) in [4.78, 5) is 16.2. The van der Waals surface area contributed by atoms with Crippen molar-refractivity contribution in [1.29, 1.82) is 0 Å². The molecular weight excluding hydrogens is 880 g/mol. The normalized spacial score (nSPS) is 13.4. The number of aryl methyl sites for hydroxylation is 4. The van der Waals surface area contributed by atoms with Crippen LogP contribution in [0.25, 0.3) is 33.4 Å². The van der Waals surface area contributed by atoms with Crippen molar-refractivity contribution < 1.29 is 47.6 Å². The number of halogens is 3. The number of para-hydroxylation sites is 1. The summed E-state index contributed by atoms with van der Waals surface area (Å²) >= 11 is 0. The van der Waals surface area contributed by atoms with Crippen LogP contribution >= 0.6 is 0 Å². The van der Waals surface area contributed by atoms with Crippen molar-refractivity contribution in [3.05, 3.63) is 119 Å². The van der Waals surface area contributed by atoms with Gasteiger partial charge in [-0.05, 0) is 117 Å². The van der Waals surface area contributed by atoms with Gasteiger partial charge in [-0.15, -0.1) is 0 Å². The molecule has 0 aromatic heterocycles. The van der Waals surface area contributed by atoms with Gasteiger partial charge in [0.2, 0.25) is 15.9 Å². The molecule has 2 aliphatic rings. The second-order valence-electron chi connectivity index (χ2n) is 15.2. The zero-order chi connectivity index (χ0) is 46.1. The largest absolute Gasteiger partial charge is 0.512 e. The molecule has 0 fully saturated rings. The lowest BCUT2D eigenvalue weighted by Crippen LogP contribution is -2.40. The Morgan fingerprint density at radius 2 is 1.43 bits per heavy atom. The number of nitrogens with one attached hydrogen (secondary N) is 4. The molecule has 0 bridgehead atoms. The highest BCUT2D eigenvalue weighted by Gasteiger charge is 2.48. The van der Waals surface area contributed by atoms with E-state index in [9.17, 15) is 43.2 Å². The molecular formula is C44H46F3N5O8S3. The van der Waals surface area contributed by atoms with Gasteiger partial charge in [-0.2, -0.15) is 13.2 Å². The van der Waals surface area contributed by atoms with Crippen molar-refractivity contribution in [3.8, 4) is 22.5 Å². The first-order chi connectivity index (χ1) is 29.5. The predicted octanol–water partition coefficient (Wildman–Crippen LogP) is 8.37. The molecule has 334 valence electrons. The number of nitrogens with zero attached hydrogens (tertiary/aromatic N) is 1. The van der Waals surface area contributed by atoms with Crippen LogP contribution in [-0.4, -0.2) is 49.8 Å². The van der Waals surface area contributed by atoms with Crippen molar-refractivity contribution in [3.63, 3.8) is 0 Å². The summed E-state index contributed by atoms with van der Waals surface area (Å²) in [7, 11) is -15.4. The Bertz CT molecular complexity index is 3070. The van der Waals surface area contributed by atoms with Gasteiger partial charge in [-0.3, -0.25) is 4.79 Å². The number of sulfonamides is 3. The molecule has 13 nitrogen and oxygen atoms in total. The number of anilines is 2. The third kappa shape index (κ3) is 10.4. The molecule has 1 heterocycles. The lowest BCUT2D eigenvalue weighted by Gasteiger charge is -2.18. The van der Waals surface area contributed by atoms with Crippen LogP contribution in [0.15, 0.2) is 110 Å². The van der Waals surface area contributed by atoms with E-state index in [1.165, 1.54) is 24.3 Å². The van der Waals surface area contributed by atoms with Gasteiger partial charge in [-0.25, -0.2) is 35.0 Å². The lowest BCUT2D eigenvalue weighted by atomic mass is 9.93. The van der Waals surface area contributed by atoms with Crippen molar-refractivity contribution in [2.45, 2.75) is 69.7 Å². The van der Waals surface area contributed by atoms with E-state index in [-0.39, 0.29) is 34.6 Å². The number of benzene rings is 5. The van der Waals surface area contributed by atoms with Crippen LogP contribution in [0.2, 0.25) is 0 Å². The first-order valence-corrected chi connectivity index (χ1v) is 24.2. The molecule has 1 unspecified atom stereocenters. The molecule has 4 N–H and O–H groups in total. The first-order valence-electron chi connectivity index (χ1n) is 19.7. The number of carbonyl (C=O) groups is 1. The Balaban J connectivity index is 1.41. The van der Waals surface area contributed by atoms with Gasteiger partial charge in [0, 0.05) is 59.0 Å². The topological polar surface area (TPSA) is 193 Å². The molecule has 1 aliphatic heterocycles. The van der Waals surface area contributed by atoms with E-state index in [1.54, 1.807) is 50.2 Å². The van der Waals surface area contributed by atoms with Crippen molar-refractivity contribution in [1.82, 2.24) is 14.2 Å². The molecule has 0 spiro atoms. The smallest absolute Gasteiger partial charge is 0.456 e. The molecule has 4 aromatic carbocycles. The zero-order valence-electron chi connectivity index (χ0n) is 35.1. The van der Waals surface area contributed by atoms with Gasteiger partial charge < -0.3 is 15.1 Å². The number of amides is 1. The standard InChI is InChI=1S/C44H46F3N5O8S3/c1-7-26(2)43(53)48-19-10-20-49-61(54,55)35-21-29(5)42(30(6)22-35)51-33-16-18-37-39(25-33)60-38-24-32(50-41-27(3)11-8-12-28(41)4)15-17-36(38)40(37)31-13-9-14-34(23-31)62(56,57)52-63(58,59)44(45,46)47/h8-9,11-18,21-26,49-50,52H,7,10,19-20H2,1-6H3,(H,48,53)/b51-33+. The number of hydrogen-bond acceptors (Lipinski definition) is 10. The number of fused-ring (bicyclic) bond motifs is 2. The second-order valence-corrected chi connectivity index (χ2v) is 20.6. The summed E-state index contributed by atoms with van der Waals surface area (Å²) in [5.74, 6) is 0.0682. The van der Waals surface area contributed by atoms with Gasteiger partial charge in [0.1, 0.15) is 11.3 Å². The maximum absolute atomic E-state index is 13.2. The Labute approximate surface area is 364 Å². The number of hydrogen-bond donors (Lipinski definition) is 4. The molecule has 6 rings (SSSR count). The minimum absolute atomic E-state index is 0.0467. The van der Waals surface area contributed by atoms with E-state index < -0.39 is 40.5 Å². The molecule has 1 amide bonds. The van der Waals surface area contributed by atoms with Crippen LogP contribution in [0.1, 0.15) is 48.9 Å². The van der Waals surface area contributed by atoms with Crippen molar-refractivity contribution in [2.24, 2.45) is 10.9 Å². The first kappa shape index (κ1) is 46.9. The second kappa shape index (κ2) is 18.2. The van der Waals surface area contributed by atoms with E-state index in [0.29, 0.717) is 69.3 Å². The highest BCUT2D eigenvalue weighted by atomic mass is 32.3. The van der Waals surface area contributed by atoms with Gasteiger partial charge >= 0.3 is 15.5 Å². The molecule has 1 atom stereocenters. The fourth-order valence-electron chi connectivity index (χ4n) is 6.88. The summed E-state index contributed by atoms with van der Waals surface area (Å²) in [6.45, 7) is 11.6. The SMILES string of the molecule is CCC(C)C(=O)NCCCNS(=O)(=O)c1cc(C)c(/N=c2\ccc3c(-c4cccc(S(=O)(=O)NS(=O)(=O)C(F)(F)F)c4)c4ccc(Nc5c(C)cccc5C)cc4oc-3c2)c(C)c1. The average Bonchev–Trinajstić information content (AvgIpc) is 3.21. The molecule has 19 heteroatoms. The highest BCUT2D eigenvalue weighted by molar-refractivity contribution is 8.05. The summed E-state index contributed by atoms with van der Waals surface area (Å²) in [5, 5.41) is 7.14. The van der Waals surface area contributed by atoms with E-state index in [4.69, 9.17) is 9.41 Å². The summed E-state index contributed by atoms with van der Waals surface area (Å²) in [6, 6.07) is 24.0. The quantitative estimate of drug-likeness (QED) is 0.0579. The Morgan fingerprint density at radius 3 is 2.08 bits per heavy atom. The van der Waals surface area contributed by atoms with Crippen LogP contribution in [0.3, 0.4) is 0 Å². The van der Waals surface area contributed by atoms with Crippen LogP contribution in [0, 0.1) is 33.6 Å². The Hall–Kier alpha value is -5.60. The lowest BCUT2D eigenvalue weighted by molar-refractivity contribution is -0.124. The van der Waals surface area contributed by atoms with Crippen LogP contribution in [-0.2, 0) is 34.9 Å². The summed E-state index contributed by atoms with van der Waals surface area (Å²) in [5.41, 5.74) is 0.708. The molecule has 0 saturated carbocycles. The van der Waals surface area contributed by atoms with Crippen molar-refractivity contribution >= 4 is 64.0 Å². The number of alkyl halides is 3. The predicted molar refractivity (Wildman–Crippen MR) is 236 cm³/mol. The van der Waals surface area contributed by atoms with E-state index in [1.807, 2.05) is 45.9 Å². The molecule has 0 saturated heterocycles. The minimum Gasteiger partial charge on any atom is -0.456 e. The van der Waals surface area contributed by atoms with Gasteiger partial charge in [0.05, 0.1) is 20.8 Å². The Morgan fingerprint density at radius 1 is 0.762 bits per heavy atom. The summed E-state index contributed by atoms with van der Waals surface area (Å²) < 4.78 is 126. The average molecular weight is 926 g/mol. The fourth-order valence-corrected chi connectivity index (χ4v) is 10.6. The minimum atomic E-state index is -6.26. The van der Waals surface area contributed by atoms with Crippen LogP contribution in [0.5, 0.6) is 0 Å². The molecule has 63 heavy (non-hydrogen) atoms. The van der Waals surface area contributed by atoms with E-state index in [0.717, 1.165) is 33.1 Å². The molecule has 1 aliphatic carbocycles. The highest BCUT2D eigenvalue weighted by Crippen LogP contribution is 2.42. The third-order valence-electron chi connectivity index (χ3n) is 10.4. The van der Waals surface area contributed by atoms with Crippen molar-refractivity contribution in [2.75, 3.05) is 18.4 Å².